The SMILES string of the molecule is C1=Cc2ccc(N(c3cccc(-c4ccccc4)c3)c3ccc4c(c3)oc3cccc(-c5nc(-c6cccc7ccccc67)c6ccccc6n5)c34)cc2CC1. The number of furan rings is 1. The zero-order valence-corrected chi connectivity index (χ0v) is 30.6. The summed E-state index contributed by atoms with van der Waals surface area (Å²) in [4.78, 5) is 12.9. The molecule has 11 rings (SSSR count). The van der Waals surface area contributed by atoms with Gasteiger partial charge in [-0.05, 0) is 94.4 Å². The number of benzene rings is 8. The first-order valence-electron chi connectivity index (χ1n) is 19.2. The Morgan fingerprint density at radius 2 is 1.23 bits per heavy atom. The Labute approximate surface area is 324 Å². The minimum Gasteiger partial charge on any atom is -0.456 e. The number of hydrogen-bond donors (Lipinski definition) is 0. The van der Waals surface area contributed by atoms with E-state index < -0.39 is 0 Å². The van der Waals surface area contributed by atoms with Gasteiger partial charge in [-0.1, -0.05) is 133 Å². The zero-order chi connectivity index (χ0) is 37.0. The number of hydrogen-bond acceptors (Lipinski definition) is 4. The Morgan fingerprint density at radius 1 is 0.500 bits per heavy atom. The van der Waals surface area contributed by atoms with Gasteiger partial charge in [-0.3, -0.25) is 0 Å². The van der Waals surface area contributed by atoms with Gasteiger partial charge in [0.15, 0.2) is 5.82 Å². The van der Waals surface area contributed by atoms with Gasteiger partial charge in [0.1, 0.15) is 11.2 Å². The van der Waals surface area contributed by atoms with Crippen LogP contribution in [0.1, 0.15) is 17.5 Å². The highest BCUT2D eigenvalue weighted by atomic mass is 16.3. The van der Waals surface area contributed by atoms with E-state index in [-0.39, 0.29) is 0 Å². The lowest BCUT2D eigenvalue weighted by atomic mass is 9.96. The van der Waals surface area contributed by atoms with Crippen LogP contribution in [0.3, 0.4) is 0 Å². The number of para-hydroxylation sites is 1. The largest absolute Gasteiger partial charge is 0.456 e. The quantitative estimate of drug-likeness (QED) is 0.172. The number of nitrogens with zero attached hydrogens (tertiary/aromatic N) is 3. The van der Waals surface area contributed by atoms with E-state index in [1.165, 1.54) is 33.0 Å². The summed E-state index contributed by atoms with van der Waals surface area (Å²) in [6.45, 7) is 0. The maximum Gasteiger partial charge on any atom is 0.161 e. The number of aromatic nitrogens is 2. The van der Waals surface area contributed by atoms with Crippen molar-refractivity contribution < 1.29 is 4.42 Å². The summed E-state index contributed by atoms with van der Waals surface area (Å²) in [7, 11) is 0. The maximum atomic E-state index is 6.73. The lowest BCUT2D eigenvalue weighted by Gasteiger charge is -2.27. The topological polar surface area (TPSA) is 42.2 Å². The molecule has 0 amide bonds. The fourth-order valence-corrected chi connectivity index (χ4v) is 8.44. The van der Waals surface area contributed by atoms with Gasteiger partial charge in [-0.2, -0.15) is 0 Å². The van der Waals surface area contributed by atoms with E-state index >= 15 is 0 Å². The molecule has 0 unspecified atom stereocenters. The van der Waals surface area contributed by atoms with Crippen molar-refractivity contribution in [3.8, 4) is 33.8 Å². The van der Waals surface area contributed by atoms with E-state index in [1.54, 1.807) is 0 Å². The van der Waals surface area contributed by atoms with Crippen LogP contribution in [0.4, 0.5) is 17.1 Å². The first-order valence-corrected chi connectivity index (χ1v) is 19.2. The Morgan fingerprint density at radius 3 is 2.18 bits per heavy atom. The molecule has 0 saturated carbocycles. The standard InChI is InChI=1S/C52H35N3O/c1-2-13-34(14-3-1)38-19-10-20-39(31-38)55(40-28-27-35-15-4-5-17-37(35)32-40)41-29-30-45-49(33-41)56-48-26-12-24-46(50(45)48)52-53-47-25-9-8-22-44(47)51(54-52)43-23-11-18-36-16-6-7-21-42(36)43/h1-4,6-16,18-33H,5,17H2. The van der Waals surface area contributed by atoms with Crippen LogP contribution in [0.15, 0.2) is 186 Å². The Kier molecular flexibility index (Phi) is 7.59. The van der Waals surface area contributed by atoms with E-state index in [9.17, 15) is 0 Å². The lowest BCUT2D eigenvalue weighted by Crippen LogP contribution is -2.11. The molecule has 2 aromatic heterocycles. The molecule has 0 saturated heterocycles. The molecule has 4 heteroatoms. The summed E-state index contributed by atoms with van der Waals surface area (Å²) in [5.41, 5.74) is 13.7. The van der Waals surface area contributed by atoms with Gasteiger partial charge in [-0.15, -0.1) is 0 Å². The van der Waals surface area contributed by atoms with Crippen LogP contribution >= 0.6 is 0 Å². The predicted octanol–water partition coefficient (Wildman–Crippen LogP) is 14.1. The number of anilines is 3. The van der Waals surface area contributed by atoms with Gasteiger partial charge >= 0.3 is 0 Å². The molecule has 0 radical (unpaired) electrons. The van der Waals surface area contributed by atoms with E-state index in [1.807, 2.05) is 18.2 Å². The van der Waals surface area contributed by atoms with Crippen LogP contribution < -0.4 is 4.90 Å². The van der Waals surface area contributed by atoms with Crippen molar-refractivity contribution in [3.05, 3.63) is 193 Å². The highest BCUT2D eigenvalue weighted by Gasteiger charge is 2.21. The molecule has 8 aromatic carbocycles. The second-order valence-corrected chi connectivity index (χ2v) is 14.5. The molecule has 264 valence electrons. The average molecular weight is 718 g/mol. The van der Waals surface area contributed by atoms with Gasteiger partial charge in [0.25, 0.3) is 0 Å². The van der Waals surface area contributed by atoms with Crippen LogP contribution in [0, 0.1) is 0 Å². The van der Waals surface area contributed by atoms with Crippen LogP contribution in [-0.2, 0) is 6.42 Å². The fraction of sp³-hybridized carbons (Fsp3) is 0.0385. The Balaban J connectivity index is 1.08. The summed E-state index contributed by atoms with van der Waals surface area (Å²) in [6.07, 6.45) is 6.59. The third-order valence-corrected chi connectivity index (χ3v) is 11.1. The van der Waals surface area contributed by atoms with Crippen molar-refractivity contribution in [2.24, 2.45) is 0 Å². The molecule has 4 nitrogen and oxygen atoms in total. The van der Waals surface area contributed by atoms with Gasteiger partial charge < -0.3 is 9.32 Å². The molecule has 0 N–H and O–H groups in total. The van der Waals surface area contributed by atoms with Gasteiger partial charge in [0.05, 0.1) is 11.2 Å². The first-order chi connectivity index (χ1) is 27.7. The maximum absolute atomic E-state index is 6.73. The summed E-state index contributed by atoms with van der Waals surface area (Å²) in [5.74, 6) is 0.673. The van der Waals surface area contributed by atoms with Crippen LogP contribution in [0.25, 0.3) is 83.5 Å². The molecule has 10 aromatic rings. The van der Waals surface area contributed by atoms with Gasteiger partial charge in [-0.25, -0.2) is 9.97 Å². The summed E-state index contributed by atoms with van der Waals surface area (Å²) in [5, 5.41) is 5.40. The average Bonchev–Trinajstić information content (AvgIpc) is 3.65. The molecule has 0 aliphatic heterocycles. The van der Waals surface area contributed by atoms with E-state index in [0.29, 0.717) is 5.82 Å². The summed E-state index contributed by atoms with van der Waals surface area (Å²) < 4.78 is 6.73. The van der Waals surface area contributed by atoms with Crippen molar-refractivity contribution in [3.63, 3.8) is 0 Å². The van der Waals surface area contributed by atoms with Crippen molar-refractivity contribution in [2.45, 2.75) is 12.8 Å². The molecular weight excluding hydrogens is 683 g/mol. The van der Waals surface area contributed by atoms with Crippen LogP contribution in [-0.4, -0.2) is 9.97 Å². The minimum atomic E-state index is 0.673. The Bertz CT molecular complexity index is 3150. The minimum absolute atomic E-state index is 0.673. The molecule has 1 aliphatic carbocycles. The number of aryl methyl sites for hydroxylation is 1. The Hall–Kier alpha value is -7.30. The van der Waals surface area contributed by atoms with Crippen molar-refractivity contribution in [1.29, 1.82) is 0 Å². The predicted molar refractivity (Wildman–Crippen MR) is 233 cm³/mol. The highest BCUT2D eigenvalue weighted by Crippen LogP contribution is 2.43. The van der Waals surface area contributed by atoms with E-state index in [0.717, 1.165) is 79.6 Å². The van der Waals surface area contributed by atoms with E-state index in [2.05, 4.69) is 175 Å². The van der Waals surface area contributed by atoms with Crippen LogP contribution in [0.2, 0.25) is 0 Å². The number of fused-ring (bicyclic) bond motifs is 6. The molecule has 0 spiro atoms. The first kappa shape index (κ1) is 32.2. The third kappa shape index (κ3) is 5.46. The van der Waals surface area contributed by atoms with Crippen molar-refractivity contribution >= 4 is 66.8 Å². The molecule has 56 heavy (non-hydrogen) atoms. The third-order valence-electron chi connectivity index (χ3n) is 11.1. The second-order valence-electron chi connectivity index (χ2n) is 14.5. The molecule has 1 aliphatic rings. The lowest BCUT2D eigenvalue weighted by molar-refractivity contribution is 0.669. The fourth-order valence-electron chi connectivity index (χ4n) is 8.44. The number of allylic oxidation sites excluding steroid dienone is 1. The number of rotatable bonds is 6. The monoisotopic (exact) mass is 717 g/mol. The zero-order valence-electron chi connectivity index (χ0n) is 30.6. The normalized spacial score (nSPS) is 12.4. The van der Waals surface area contributed by atoms with Crippen molar-refractivity contribution in [1.82, 2.24) is 9.97 Å². The van der Waals surface area contributed by atoms with Crippen LogP contribution in [0.5, 0.6) is 0 Å². The molecule has 0 atom stereocenters. The summed E-state index contributed by atoms with van der Waals surface area (Å²) in [6, 6.07) is 62.2. The van der Waals surface area contributed by atoms with Gasteiger partial charge in [0.2, 0.25) is 0 Å². The smallest absolute Gasteiger partial charge is 0.161 e. The molecule has 0 bridgehead atoms. The van der Waals surface area contributed by atoms with Gasteiger partial charge in [0, 0.05) is 50.4 Å². The molecule has 0 fully saturated rings. The summed E-state index contributed by atoms with van der Waals surface area (Å²) >= 11 is 0. The second kappa shape index (κ2) is 13.2. The highest BCUT2D eigenvalue weighted by molar-refractivity contribution is 6.13. The van der Waals surface area contributed by atoms with Crippen molar-refractivity contribution in [2.75, 3.05) is 4.90 Å². The molecule has 2 heterocycles. The molecular formula is C52H35N3O. The van der Waals surface area contributed by atoms with E-state index in [4.69, 9.17) is 14.4 Å².